The second-order valence-electron chi connectivity index (χ2n) is 6.98. The molecule has 2 atom stereocenters. The third-order valence-electron chi connectivity index (χ3n) is 5.07. The molecule has 1 aromatic heterocycles. The lowest BCUT2D eigenvalue weighted by Crippen LogP contribution is -2.41. The van der Waals surface area contributed by atoms with Crippen LogP contribution in [-0.4, -0.2) is 47.3 Å². The van der Waals surface area contributed by atoms with Crippen LogP contribution in [0.2, 0.25) is 0 Å². The molecule has 2 unspecified atom stereocenters. The van der Waals surface area contributed by atoms with Crippen LogP contribution in [-0.2, 0) is 6.42 Å². The molecule has 0 bridgehead atoms. The van der Waals surface area contributed by atoms with E-state index in [2.05, 4.69) is 35.4 Å². The van der Waals surface area contributed by atoms with Crippen LogP contribution in [0, 0.1) is 12.8 Å². The molecule has 1 saturated carbocycles. The number of carbonyl (C=O) groups excluding carboxylic acids is 1. The van der Waals surface area contributed by atoms with Crippen LogP contribution in [0.15, 0.2) is 24.4 Å². The average Bonchev–Trinajstić information content (AvgIpc) is 3.13. The summed E-state index contributed by atoms with van der Waals surface area (Å²) in [6.45, 7) is 3.31. The predicted molar refractivity (Wildman–Crippen MR) is 96.1 cm³/mol. The molecule has 5 nitrogen and oxygen atoms in total. The van der Waals surface area contributed by atoms with Crippen LogP contribution in [0.1, 0.15) is 30.4 Å². The van der Waals surface area contributed by atoms with Gasteiger partial charge in [-0.3, -0.25) is 0 Å². The maximum absolute atomic E-state index is 12.2. The van der Waals surface area contributed by atoms with Gasteiger partial charge >= 0.3 is 6.03 Å². The van der Waals surface area contributed by atoms with Gasteiger partial charge in [-0.1, -0.05) is 18.6 Å². The number of aryl methyl sites for hydroxylation is 1. The second-order valence-corrected chi connectivity index (χ2v) is 6.98. The van der Waals surface area contributed by atoms with Crippen molar-refractivity contribution >= 4 is 16.9 Å². The van der Waals surface area contributed by atoms with Crippen molar-refractivity contribution in [3.63, 3.8) is 0 Å². The number of carbonyl (C=O) groups is 1. The fourth-order valence-corrected chi connectivity index (χ4v) is 3.61. The maximum atomic E-state index is 12.2. The van der Waals surface area contributed by atoms with E-state index in [4.69, 9.17) is 0 Å². The van der Waals surface area contributed by atoms with E-state index in [1.165, 1.54) is 16.5 Å². The first-order valence-electron chi connectivity index (χ1n) is 8.78. The number of aromatic amines is 1. The number of aromatic nitrogens is 1. The normalized spacial score (nSPS) is 20.5. The monoisotopic (exact) mass is 329 g/mol. The predicted octanol–water partition coefficient (Wildman–Crippen LogP) is 2.82. The smallest absolute Gasteiger partial charge is 0.317 e. The lowest BCUT2D eigenvalue weighted by molar-refractivity contribution is 0.114. The number of hydrogen-bond acceptors (Lipinski definition) is 2. The van der Waals surface area contributed by atoms with Gasteiger partial charge < -0.3 is 20.3 Å². The summed E-state index contributed by atoms with van der Waals surface area (Å²) in [5.41, 5.74) is 3.60. The number of nitrogens with zero attached hydrogens (tertiary/aromatic N) is 1. The Hall–Kier alpha value is -2.01. The van der Waals surface area contributed by atoms with Crippen molar-refractivity contribution in [2.24, 2.45) is 5.92 Å². The summed E-state index contributed by atoms with van der Waals surface area (Å²) in [5, 5.41) is 14.1. The largest absolute Gasteiger partial charge is 0.393 e. The number of nitrogens with one attached hydrogen (secondary N) is 2. The zero-order chi connectivity index (χ0) is 17.1. The molecule has 0 aliphatic heterocycles. The Bertz CT molecular complexity index is 710. The highest BCUT2D eigenvalue weighted by molar-refractivity contribution is 5.83. The molecule has 130 valence electrons. The van der Waals surface area contributed by atoms with Crippen LogP contribution < -0.4 is 5.32 Å². The number of rotatable bonds is 5. The maximum Gasteiger partial charge on any atom is 0.317 e. The Morgan fingerprint density at radius 1 is 1.42 bits per heavy atom. The van der Waals surface area contributed by atoms with Gasteiger partial charge in [-0.15, -0.1) is 0 Å². The van der Waals surface area contributed by atoms with Crippen molar-refractivity contribution in [2.45, 2.75) is 38.7 Å². The van der Waals surface area contributed by atoms with Crippen molar-refractivity contribution in [2.75, 3.05) is 20.1 Å². The minimum Gasteiger partial charge on any atom is -0.393 e. The van der Waals surface area contributed by atoms with Gasteiger partial charge in [0.25, 0.3) is 0 Å². The lowest BCUT2D eigenvalue weighted by atomic mass is 10.1. The van der Waals surface area contributed by atoms with Crippen LogP contribution in [0.25, 0.3) is 10.9 Å². The summed E-state index contributed by atoms with van der Waals surface area (Å²) in [5.74, 6) is 0.220. The highest BCUT2D eigenvalue weighted by atomic mass is 16.3. The van der Waals surface area contributed by atoms with Crippen molar-refractivity contribution in [1.82, 2.24) is 15.2 Å². The Labute approximate surface area is 143 Å². The van der Waals surface area contributed by atoms with Gasteiger partial charge in [-0.05, 0) is 43.4 Å². The second kappa shape index (κ2) is 7.26. The number of H-pyrrole nitrogens is 1. The molecule has 1 aliphatic carbocycles. The van der Waals surface area contributed by atoms with Gasteiger partial charge in [0.2, 0.25) is 0 Å². The SMILES string of the molecule is Cc1ccc2c(CCNC(=O)N(C)CC3CCCC3O)c[nH]c2c1. The van der Waals surface area contributed by atoms with E-state index in [1.54, 1.807) is 11.9 Å². The summed E-state index contributed by atoms with van der Waals surface area (Å²) in [4.78, 5) is 17.2. The van der Waals surface area contributed by atoms with Crippen molar-refractivity contribution in [1.29, 1.82) is 0 Å². The molecule has 2 amide bonds. The number of aliphatic hydroxyl groups is 1. The van der Waals surface area contributed by atoms with Crippen LogP contribution in [0.3, 0.4) is 0 Å². The van der Waals surface area contributed by atoms with Crippen LogP contribution >= 0.6 is 0 Å². The highest BCUT2D eigenvalue weighted by Crippen LogP contribution is 2.26. The van der Waals surface area contributed by atoms with E-state index in [0.717, 1.165) is 31.2 Å². The first-order chi connectivity index (χ1) is 11.5. The zero-order valence-electron chi connectivity index (χ0n) is 14.5. The zero-order valence-corrected chi connectivity index (χ0v) is 14.5. The molecule has 1 aliphatic rings. The van der Waals surface area contributed by atoms with Crippen LogP contribution in [0.5, 0.6) is 0 Å². The van der Waals surface area contributed by atoms with Gasteiger partial charge in [0.05, 0.1) is 6.10 Å². The highest BCUT2D eigenvalue weighted by Gasteiger charge is 2.27. The Kier molecular flexibility index (Phi) is 5.09. The van der Waals surface area contributed by atoms with Gasteiger partial charge in [0.1, 0.15) is 0 Å². The molecular formula is C19H27N3O2. The molecule has 24 heavy (non-hydrogen) atoms. The molecular weight excluding hydrogens is 302 g/mol. The average molecular weight is 329 g/mol. The molecule has 0 saturated heterocycles. The first kappa shape index (κ1) is 16.8. The number of urea groups is 1. The molecule has 2 aromatic rings. The quantitative estimate of drug-likeness (QED) is 0.789. The van der Waals surface area contributed by atoms with E-state index in [0.29, 0.717) is 13.1 Å². The standard InChI is InChI=1S/C19H27N3O2/c1-13-6-7-16-14(11-21-17(16)10-13)8-9-20-19(24)22(2)12-15-4-3-5-18(15)23/h6-7,10-11,15,18,21,23H,3-5,8-9,12H2,1-2H3,(H,20,24). The molecule has 5 heteroatoms. The first-order valence-corrected chi connectivity index (χ1v) is 8.78. The molecule has 3 rings (SSSR count). The van der Waals surface area contributed by atoms with Crippen molar-refractivity contribution in [3.05, 3.63) is 35.5 Å². The minimum atomic E-state index is -0.255. The summed E-state index contributed by atoms with van der Waals surface area (Å²) >= 11 is 0. The van der Waals surface area contributed by atoms with E-state index in [1.807, 2.05) is 6.20 Å². The fraction of sp³-hybridized carbons (Fsp3) is 0.526. The summed E-state index contributed by atoms with van der Waals surface area (Å²) in [6.07, 6.45) is 5.49. The van der Waals surface area contributed by atoms with Gasteiger partial charge in [0, 0.05) is 43.2 Å². The van der Waals surface area contributed by atoms with Crippen molar-refractivity contribution < 1.29 is 9.90 Å². The van der Waals surface area contributed by atoms with E-state index < -0.39 is 0 Å². The van der Waals surface area contributed by atoms with Gasteiger partial charge in [-0.25, -0.2) is 4.79 Å². The Morgan fingerprint density at radius 2 is 2.25 bits per heavy atom. The molecule has 0 spiro atoms. The molecule has 3 N–H and O–H groups in total. The summed E-state index contributed by atoms with van der Waals surface area (Å²) in [7, 11) is 1.80. The fourth-order valence-electron chi connectivity index (χ4n) is 3.61. The number of fused-ring (bicyclic) bond motifs is 1. The Balaban J connectivity index is 1.49. The lowest BCUT2D eigenvalue weighted by Gasteiger charge is -2.23. The third-order valence-corrected chi connectivity index (χ3v) is 5.07. The molecule has 1 aromatic carbocycles. The number of amides is 2. The number of hydrogen-bond donors (Lipinski definition) is 3. The molecule has 0 radical (unpaired) electrons. The van der Waals surface area contributed by atoms with Gasteiger partial charge in [0.15, 0.2) is 0 Å². The summed E-state index contributed by atoms with van der Waals surface area (Å²) < 4.78 is 0. The summed E-state index contributed by atoms with van der Waals surface area (Å²) in [6, 6.07) is 6.31. The third kappa shape index (κ3) is 3.73. The van der Waals surface area contributed by atoms with E-state index in [-0.39, 0.29) is 18.1 Å². The van der Waals surface area contributed by atoms with E-state index in [9.17, 15) is 9.90 Å². The van der Waals surface area contributed by atoms with E-state index >= 15 is 0 Å². The Morgan fingerprint density at radius 3 is 3.00 bits per heavy atom. The molecule has 1 heterocycles. The number of aliphatic hydroxyl groups excluding tert-OH is 1. The van der Waals surface area contributed by atoms with Crippen molar-refractivity contribution in [3.8, 4) is 0 Å². The van der Waals surface area contributed by atoms with Crippen LogP contribution in [0.4, 0.5) is 4.79 Å². The molecule has 1 fully saturated rings. The number of benzene rings is 1. The topological polar surface area (TPSA) is 68.4 Å². The van der Waals surface area contributed by atoms with Gasteiger partial charge in [-0.2, -0.15) is 0 Å². The minimum absolute atomic E-state index is 0.0650.